The van der Waals surface area contributed by atoms with Gasteiger partial charge >= 0.3 is 0 Å². The summed E-state index contributed by atoms with van der Waals surface area (Å²) >= 11 is 0. The van der Waals surface area contributed by atoms with Gasteiger partial charge in [-0.1, -0.05) is 107 Å². The second-order valence-electron chi connectivity index (χ2n) is 17.5. The molecular formula is C52H53N3. The number of allylic oxidation sites excluding steroid dienone is 7. The van der Waals surface area contributed by atoms with E-state index in [9.17, 15) is 0 Å². The fourth-order valence-corrected chi connectivity index (χ4v) is 10.1. The highest BCUT2D eigenvalue weighted by molar-refractivity contribution is 5.86. The zero-order chi connectivity index (χ0) is 38.2. The van der Waals surface area contributed by atoms with Gasteiger partial charge in [0.05, 0.1) is 0 Å². The molecule has 9 rings (SSSR count). The summed E-state index contributed by atoms with van der Waals surface area (Å²) in [7, 11) is 0. The maximum absolute atomic E-state index is 2.64. The van der Waals surface area contributed by atoms with Crippen LogP contribution in [-0.2, 0) is 10.8 Å². The lowest BCUT2D eigenvalue weighted by Crippen LogP contribution is -2.49. The molecule has 2 unspecified atom stereocenters. The molecule has 0 radical (unpaired) electrons. The fourth-order valence-electron chi connectivity index (χ4n) is 10.1. The van der Waals surface area contributed by atoms with E-state index in [1.54, 1.807) is 0 Å². The summed E-state index contributed by atoms with van der Waals surface area (Å²) in [6, 6.07) is 45.2. The number of anilines is 6. The van der Waals surface area contributed by atoms with Crippen LogP contribution in [0.1, 0.15) is 76.6 Å². The van der Waals surface area contributed by atoms with Crippen LogP contribution >= 0.6 is 0 Å². The molecule has 0 N–H and O–H groups in total. The molecule has 2 aliphatic carbocycles. The molecule has 3 heteroatoms. The van der Waals surface area contributed by atoms with Crippen molar-refractivity contribution in [3.8, 4) is 0 Å². The molecule has 0 saturated heterocycles. The van der Waals surface area contributed by atoms with Crippen molar-refractivity contribution in [2.75, 3.05) is 14.7 Å². The first kappa shape index (κ1) is 35.2. The first-order chi connectivity index (χ1) is 26.4. The molecule has 3 nitrogen and oxygen atoms in total. The number of para-hydroxylation sites is 3. The zero-order valence-corrected chi connectivity index (χ0v) is 33.7. The summed E-state index contributed by atoms with van der Waals surface area (Å²) in [4.78, 5) is 7.65. The Balaban J connectivity index is 1.28. The van der Waals surface area contributed by atoms with E-state index < -0.39 is 0 Å². The van der Waals surface area contributed by atoms with Crippen molar-refractivity contribution in [1.29, 1.82) is 0 Å². The number of rotatable bonds is 6. The van der Waals surface area contributed by atoms with Gasteiger partial charge < -0.3 is 14.7 Å². The molecule has 2 atom stereocenters. The van der Waals surface area contributed by atoms with Crippen LogP contribution in [0, 0.1) is 25.7 Å². The number of hydrogen-bond acceptors (Lipinski definition) is 3. The van der Waals surface area contributed by atoms with Crippen molar-refractivity contribution < 1.29 is 0 Å². The predicted molar refractivity (Wildman–Crippen MR) is 233 cm³/mol. The van der Waals surface area contributed by atoms with Crippen molar-refractivity contribution in [1.82, 2.24) is 0 Å². The lowest BCUT2D eigenvalue weighted by atomic mass is 9.59. The third-order valence-corrected chi connectivity index (χ3v) is 12.6. The summed E-state index contributed by atoms with van der Waals surface area (Å²) in [6.07, 6.45) is 9.51. The predicted octanol–water partition coefficient (Wildman–Crippen LogP) is 14.0. The summed E-state index contributed by atoms with van der Waals surface area (Å²) in [5.74, 6) is 0.724. The molecule has 0 aromatic heterocycles. The molecule has 276 valence electrons. The van der Waals surface area contributed by atoms with Crippen LogP contribution in [0.15, 0.2) is 168 Å². The van der Waals surface area contributed by atoms with E-state index in [2.05, 4.69) is 210 Å². The summed E-state index contributed by atoms with van der Waals surface area (Å²) in [5, 5.41) is 0. The SMILES string of the molecule is CC1=CC(N(C2=CC3=C4C(C2)C(C)(C)c2cc(N(c5ccccc5)c5cc(C)cc(C)c5)ccc2N4c2ccccc2C3(C)C)c2ccccc2)=CC(C)C1. The van der Waals surface area contributed by atoms with Crippen molar-refractivity contribution in [2.24, 2.45) is 11.8 Å². The van der Waals surface area contributed by atoms with Gasteiger partial charge in [-0.25, -0.2) is 0 Å². The highest BCUT2D eigenvalue weighted by Gasteiger charge is 2.52. The quantitative estimate of drug-likeness (QED) is 0.173. The minimum atomic E-state index is -0.185. The van der Waals surface area contributed by atoms with Crippen LogP contribution in [0.4, 0.5) is 34.1 Å². The van der Waals surface area contributed by atoms with E-state index in [1.165, 1.54) is 78.9 Å². The molecule has 2 heterocycles. The van der Waals surface area contributed by atoms with E-state index in [-0.39, 0.29) is 16.7 Å². The Morgan fingerprint density at radius 3 is 1.87 bits per heavy atom. The molecule has 0 bridgehead atoms. The highest BCUT2D eigenvalue weighted by atomic mass is 15.2. The molecule has 0 amide bonds. The average Bonchev–Trinajstić information content (AvgIpc) is 3.15. The molecular weight excluding hydrogens is 667 g/mol. The van der Waals surface area contributed by atoms with Crippen LogP contribution in [0.3, 0.4) is 0 Å². The molecule has 0 spiro atoms. The zero-order valence-electron chi connectivity index (χ0n) is 33.7. The van der Waals surface area contributed by atoms with E-state index >= 15 is 0 Å². The molecule has 0 fully saturated rings. The molecule has 0 saturated carbocycles. The Kier molecular flexibility index (Phi) is 8.35. The Morgan fingerprint density at radius 1 is 0.582 bits per heavy atom. The van der Waals surface area contributed by atoms with Gasteiger partial charge in [-0.2, -0.15) is 0 Å². The van der Waals surface area contributed by atoms with E-state index in [4.69, 9.17) is 0 Å². The largest absolute Gasteiger partial charge is 0.315 e. The second-order valence-corrected chi connectivity index (χ2v) is 17.5. The van der Waals surface area contributed by atoms with Gasteiger partial charge in [-0.05, 0) is 140 Å². The van der Waals surface area contributed by atoms with Gasteiger partial charge in [-0.3, -0.25) is 0 Å². The van der Waals surface area contributed by atoms with Crippen LogP contribution in [-0.4, -0.2) is 0 Å². The van der Waals surface area contributed by atoms with Crippen molar-refractivity contribution in [2.45, 2.75) is 79.1 Å². The number of fused-ring (bicyclic) bond motifs is 4. The lowest BCUT2D eigenvalue weighted by molar-refractivity contribution is 0.331. The topological polar surface area (TPSA) is 9.72 Å². The summed E-state index contributed by atoms with van der Waals surface area (Å²) < 4.78 is 0. The summed E-state index contributed by atoms with van der Waals surface area (Å²) in [6.45, 7) is 18.9. The van der Waals surface area contributed by atoms with Crippen molar-refractivity contribution in [3.63, 3.8) is 0 Å². The van der Waals surface area contributed by atoms with Crippen LogP contribution < -0.4 is 14.7 Å². The average molecular weight is 720 g/mol. The van der Waals surface area contributed by atoms with Crippen LogP contribution in [0.5, 0.6) is 0 Å². The molecule has 2 aliphatic heterocycles. The monoisotopic (exact) mass is 719 g/mol. The minimum Gasteiger partial charge on any atom is -0.315 e. The van der Waals surface area contributed by atoms with Gasteiger partial charge in [0.1, 0.15) is 0 Å². The summed E-state index contributed by atoms with van der Waals surface area (Å²) in [5.41, 5.74) is 19.2. The first-order valence-corrected chi connectivity index (χ1v) is 20.1. The number of nitrogens with zero attached hydrogens (tertiary/aromatic N) is 3. The maximum Gasteiger partial charge on any atom is 0.0499 e. The normalized spacial score (nSPS) is 20.4. The molecule has 5 aromatic carbocycles. The van der Waals surface area contributed by atoms with Crippen LogP contribution in [0.2, 0.25) is 0 Å². The van der Waals surface area contributed by atoms with Crippen LogP contribution in [0.25, 0.3) is 0 Å². The molecule has 4 aliphatic rings. The standard InChI is InChI=1S/C52H53N3/c1-34-25-35(2)28-41(27-34)53(38-17-11-9-12-18-38)40-23-24-49-45(31-40)52(7,8)47-33-43(32-46-50(47)55(49)48-22-16-15-21-44(48)51(46,5)6)54(39-19-13-10-14-20-39)42-29-36(3)26-37(4)30-42/h9-25,27-32,36,47H,26,33H2,1-8H3. The van der Waals surface area contributed by atoms with Gasteiger partial charge in [0.25, 0.3) is 0 Å². The third kappa shape index (κ3) is 5.79. The smallest absolute Gasteiger partial charge is 0.0499 e. The maximum atomic E-state index is 2.64. The first-order valence-electron chi connectivity index (χ1n) is 20.1. The second kappa shape index (κ2) is 13.0. The van der Waals surface area contributed by atoms with Gasteiger partial charge in [0.15, 0.2) is 0 Å². The Morgan fingerprint density at radius 2 is 1.20 bits per heavy atom. The number of hydrogen-bond donors (Lipinski definition) is 0. The highest BCUT2D eigenvalue weighted by Crippen LogP contribution is 2.62. The van der Waals surface area contributed by atoms with Crippen molar-refractivity contribution >= 4 is 34.1 Å². The minimum absolute atomic E-state index is 0.183. The van der Waals surface area contributed by atoms with E-state index in [1.807, 2.05) is 0 Å². The van der Waals surface area contributed by atoms with Gasteiger partial charge in [0, 0.05) is 68.0 Å². The van der Waals surface area contributed by atoms with Gasteiger partial charge in [-0.15, -0.1) is 0 Å². The molecule has 5 aromatic rings. The number of aryl methyl sites for hydroxylation is 2. The Labute approximate surface area is 328 Å². The third-order valence-electron chi connectivity index (χ3n) is 12.6. The lowest BCUT2D eigenvalue weighted by Gasteiger charge is -2.56. The number of benzene rings is 5. The Hall–Kier alpha value is -5.54. The van der Waals surface area contributed by atoms with E-state index in [0.29, 0.717) is 5.92 Å². The fraction of sp³-hybridized carbons (Fsp3) is 0.269. The molecule has 55 heavy (non-hydrogen) atoms. The van der Waals surface area contributed by atoms with E-state index in [0.717, 1.165) is 18.5 Å². The van der Waals surface area contributed by atoms with Crippen molar-refractivity contribution in [3.05, 3.63) is 190 Å². The Bertz CT molecular complexity index is 2420. The van der Waals surface area contributed by atoms with Gasteiger partial charge in [0.2, 0.25) is 0 Å².